The molecule has 0 aliphatic carbocycles. The second-order valence-corrected chi connectivity index (χ2v) is 3.45. The van der Waals surface area contributed by atoms with Crippen molar-refractivity contribution in [3.05, 3.63) is 10.4 Å². The van der Waals surface area contributed by atoms with Gasteiger partial charge in [-0.3, -0.25) is 5.32 Å². The third-order valence-electron chi connectivity index (χ3n) is 2.54. The maximum atomic E-state index is 11.6. The van der Waals surface area contributed by atoms with Gasteiger partial charge in [-0.2, -0.15) is 0 Å². The summed E-state index contributed by atoms with van der Waals surface area (Å²) in [6, 6.07) is 0. The first kappa shape index (κ1) is 14.7. The number of hydrogen-bond acceptors (Lipinski definition) is 5. The molecular formula is C9H18N4O3. The molecule has 0 aliphatic heterocycles. The summed E-state index contributed by atoms with van der Waals surface area (Å²) in [6.45, 7) is 4.09. The smallest absolute Gasteiger partial charge is 0.328 e. The normalized spacial score (nSPS) is 15.8. The number of methoxy groups -OCH3 is 2. The molecule has 0 radical (unpaired) electrons. The van der Waals surface area contributed by atoms with E-state index in [-0.39, 0.29) is 12.6 Å². The van der Waals surface area contributed by atoms with Crippen molar-refractivity contribution in [2.24, 2.45) is 5.11 Å². The van der Waals surface area contributed by atoms with E-state index in [0.717, 1.165) is 0 Å². The Bertz CT molecular complexity index is 278. The minimum atomic E-state index is -0.950. The molecule has 0 amide bonds. The van der Waals surface area contributed by atoms with Crippen LogP contribution in [0, 0.1) is 0 Å². The zero-order valence-corrected chi connectivity index (χ0v) is 10.1. The van der Waals surface area contributed by atoms with Crippen molar-refractivity contribution in [1.29, 1.82) is 0 Å². The first-order valence-corrected chi connectivity index (χ1v) is 4.90. The molecule has 0 aromatic rings. The van der Waals surface area contributed by atoms with E-state index in [9.17, 15) is 4.79 Å². The minimum absolute atomic E-state index is 0.263. The van der Waals surface area contributed by atoms with E-state index in [0.29, 0.717) is 6.54 Å². The van der Waals surface area contributed by atoms with Crippen LogP contribution in [0.15, 0.2) is 5.11 Å². The molecule has 1 N–H and O–H groups in total. The molecule has 0 bridgehead atoms. The highest BCUT2D eigenvalue weighted by atomic mass is 16.5. The molecule has 2 unspecified atom stereocenters. The summed E-state index contributed by atoms with van der Waals surface area (Å²) in [7, 11) is 2.83. The van der Waals surface area contributed by atoms with Gasteiger partial charge in [-0.15, -0.1) is 0 Å². The lowest BCUT2D eigenvalue weighted by Crippen LogP contribution is -2.58. The monoisotopic (exact) mass is 230 g/mol. The first-order valence-electron chi connectivity index (χ1n) is 4.90. The van der Waals surface area contributed by atoms with Crippen LogP contribution in [0.2, 0.25) is 0 Å². The minimum Gasteiger partial charge on any atom is -0.468 e. The fraction of sp³-hybridized carbons (Fsp3) is 0.889. The number of rotatable bonds is 7. The van der Waals surface area contributed by atoms with Gasteiger partial charge in [0.15, 0.2) is 0 Å². The number of ether oxygens (including phenoxy) is 2. The molecule has 92 valence electrons. The van der Waals surface area contributed by atoms with E-state index in [4.69, 9.17) is 15.0 Å². The van der Waals surface area contributed by atoms with E-state index in [1.54, 1.807) is 13.8 Å². The van der Waals surface area contributed by atoms with Crippen LogP contribution in [0.3, 0.4) is 0 Å². The molecular weight excluding hydrogens is 212 g/mol. The molecule has 0 aromatic heterocycles. The molecule has 0 saturated carbocycles. The van der Waals surface area contributed by atoms with E-state index in [1.165, 1.54) is 14.2 Å². The van der Waals surface area contributed by atoms with Gasteiger partial charge < -0.3 is 9.47 Å². The van der Waals surface area contributed by atoms with Crippen LogP contribution in [0.5, 0.6) is 0 Å². The third-order valence-corrected chi connectivity index (χ3v) is 2.54. The molecule has 0 rings (SSSR count). The van der Waals surface area contributed by atoms with Crippen LogP contribution in [0.4, 0.5) is 0 Å². The van der Waals surface area contributed by atoms with Crippen molar-refractivity contribution >= 4 is 5.97 Å². The van der Waals surface area contributed by atoms with Gasteiger partial charge >= 0.3 is 5.97 Å². The predicted molar refractivity (Wildman–Crippen MR) is 58.9 cm³/mol. The van der Waals surface area contributed by atoms with Crippen molar-refractivity contribution in [3.63, 3.8) is 0 Å². The number of esters is 1. The van der Waals surface area contributed by atoms with Gasteiger partial charge in [-0.1, -0.05) is 5.11 Å². The molecule has 2 atom stereocenters. The summed E-state index contributed by atoms with van der Waals surface area (Å²) >= 11 is 0. The van der Waals surface area contributed by atoms with Crippen LogP contribution in [0.25, 0.3) is 10.4 Å². The van der Waals surface area contributed by atoms with Crippen molar-refractivity contribution in [1.82, 2.24) is 5.32 Å². The lowest BCUT2D eigenvalue weighted by molar-refractivity contribution is -0.153. The molecule has 7 heteroatoms. The summed E-state index contributed by atoms with van der Waals surface area (Å²) in [5, 5.41) is 6.34. The quantitative estimate of drug-likeness (QED) is 0.230. The molecule has 0 saturated heterocycles. The molecule has 16 heavy (non-hydrogen) atoms. The summed E-state index contributed by atoms with van der Waals surface area (Å²) in [4.78, 5) is 14.3. The Kier molecular flexibility index (Phi) is 6.48. The van der Waals surface area contributed by atoms with Gasteiger partial charge in [-0.25, -0.2) is 4.79 Å². The first-order chi connectivity index (χ1) is 7.52. The van der Waals surface area contributed by atoms with Crippen molar-refractivity contribution in [2.45, 2.75) is 25.5 Å². The van der Waals surface area contributed by atoms with Gasteiger partial charge in [0.25, 0.3) is 0 Å². The van der Waals surface area contributed by atoms with Gasteiger partial charge in [0.05, 0.1) is 13.2 Å². The highest BCUT2D eigenvalue weighted by Crippen LogP contribution is 2.14. The highest BCUT2D eigenvalue weighted by Gasteiger charge is 2.39. The predicted octanol–water partition coefficient (Wildman–Crippen LogP) is 0.853. The molecule has 0 aliphatic rings. The summed E-state index contributed by atoms with van der Waals surface area (Å²) in [6.07, 6.45) is -0.356. The molecule has 0 heterocycles. The molecule has 0 fully saturated rings. The molecule has 0 aromatic carbocycles. The largest absolute Gasteiger partial charge is 0.468 e. The Labute approximate surface area is 94.7 Å². The molecule has 7 nitrogen and oxygen atoms in total. The Morgan fingerprint density at radius 3 is 2.69 bits per heavy atom. The Morgan fingerprint density at radius 1 is 1.62 bits per heavy atom. The Hall–Kier alpha value is -1.30. The zero-order valence-electron chi connectivity index (χ0n) is 10.1. The van der Waals surface area contributed by atoms with E-state index >= 15 is 0 Å². The van der Waals surface area contributed by atoms with Gasteiger partial charge in [0, 0.05) is 25.1 Å². The van der Waals surface area contributed by atoms with Gasteiger partial charge in [0.1, 0.15) is 5.54 Å². The summed E-state index contributed by atoms with van der Waals surface area (Å²) in [5.41, 5.74) is 7.17. The molecule has 0 spiro atoms. The SMILES string of the molecule is COC(=O)C(C)(NCCN=[N+]=[N-])C(C)OC. The number of carbonyl (C=O) groups excluding carboxylic acids is 1. The number of azide groups is 1. The van der Waals surface area contributed by atoms with Crippen LogP contribution in [-0.4, -0.2) is 44.9 Å². The van der Waals surface area contributed by atoms with E-state index in [2.05, 4.69) is 15.3 Å². The van der Waals surface area contributed by atoms with Crippen molar-refractivity contribution < 1.29 is 14.3 Å². The second-order valence-electron chi connectivity index (χ2n) is 3.45. The van der Waals surface area contributed by atoms with Gasteiger partial charge in [0.2, 0.25) is 0 Å². The fourth-order valence-electron chi connectivity index (χ4n) is 1.24. The van der Waals surface area contributed by atoms with Crippen LogP contribution < -0.4 is 5.32 Å². The number of nitrogens with zero attached hydrogens (tertiary/aromatic N) is 3. The second kappa shape index (κ2) is 7.05. The number of nitrogens with one attached hydrogen (secondary N) is 1. The lowest BCUT2D eigenvalue weighted by atomic mass is 9.96. The van der Waals surface area contributed by atoms with Crippen molar-refractivity contribution in [3.8, 4) is 0 Å². The number of carbonyl (C=O) groups is 1. The third kappa shape index (κ3) is 3.69. The topological polar surface area (TPSA) is 96.3 Å². The maximum Gasteiger partial charge on any atom is 0.328 e. The lowest BCUT2D eigenvalue weighted by Gasteiger charge is -2.32. The van der Waals surface area contributed by atoms with Crippen LogP contribution in [0.1, 0.15) is 13.8 Å². The fourth-order valence-corrected chi connectivity index (χ4v) is 1.24. The standard InChI is InChI=1S/C9H18N4O3/c1-7(15-3)9(2,8(14)16-4)11-5-6-12-13-10/h7,11H,5-6H2,1-4H3. The average Bonchev–Trinajstić information content (AvgIpc) is 2.32. The van der Waals surface area contributed by atoms with Crippen molar-refractivity contribution in [2.75, 3.05) is 27.3 Å². The highest BCUT2D eigenvalue weighted by molar-refractivity contribution is 5.81. The van der Waals surface area contributed by atoms with Crippen LogP contribution in [-0.2, 0) is 14.3 Å². The van der Waals surface area contributed by atoms with E-state index in [1.807, 2.05) is 0 Å². The summed E-state index contributed by atoms with van der Waals surface area (Å²) < 4.78 is 9.84. The average molecular weight is 230 g/mol. The summed E-state index contributed by atoms with van der Waals surface area (Å²) in [5.74, 6) is -0.414. The van der Waals surface area contributed by atoms with Gasteiger partial charge in [-0.05, 0) is 19.4 Å². The maximum absolute atomic E-state index is 11.6. The number of hydrogen-bond donors (Lipinski definition) is 1. The van der Waals surface area contributed by atoms with Crippen LogP contribution >= 0.6 is 0 Å². The van der Waals surface area contributed by atoms with E-state index < -0.39 is 11.5 Å². The Balaban J connectivity index is 4.53. The zero-order chi connectivity index (χ0) is 12.6. The Morgan fingerprint density at radius 2 is 2.25 bits per heavy atom.